The molecule has 0 radical (unpaired) electrons. The van der Waals surface area contributed by atoms with Crippen molar-refractivity contribution >= 4 is 21.9 Å². The molecule has 1 amide bonds. The summed E-state index contributed by atoms with van der Waals surface area (Å²) < 4.78 is 38.8. The molecular weight excluding hydrogens is 363 g/mol. The van der Waals surface area contributed by atoms with Crippen molar-refractivity contribution in [2.45, 2.75) is 43.0 Å². The summed E-state index contributed by atoms with van der Waals surface area (Å²) in [6, 6.07) is 3.74. The van der Waals surface area contributed by atoms with E-state index in [1.165, 1.54) is 24.1 Å². The lowest BCUT2D eigenvalue weighted by molar-refractivity contribution is -0.152. The fourth-order valence-electron chi connectivity index (χ4n) is 2.99. The highest BCUT2D eigenvalue weighted by Crippen LogP contribution is 2.19. The number of carboxylic acid groups (broad SMARTS) is 1. The second kappa shape index (κ2) is 8.59. The number of sulfonamides is 1. The maximum atomic E-state index is 12.9. The van der Waals surface area contributed by atoms with Gasteiger partial charge in [-0.15, -0.1) is 0 Å². The average molecular weight is 386 g/mol. The van der Waals surface area contributed by atoms with Crippen LogP contribution in [0.2, 0.25) is 0 Å². The number of halogens is 1. The maximum absolute atomic E-state index is 12.9. The van der Waals surface area contributed by atoms with Gasteiger partial charge < -0.3 is 10.0 Å². The van der Waals surface area contributed by atoms with Gasteiger partial charge in [-0.05, 0) is 49.9 Å². The fourth-order valence-corrected chi connectivity index (χ4v) is 4.20. The zero-order valence-electron chi connectivity index (χ0n) is 14.6. The number of carbonyl (C=O) groups excluding carboxylic acids is 1. The van der Waals surface area contributed by atoms with Gasteiger partial charge in [0.2, 0.25) is 15.9 Å². The van der Waals surface area contributed by atoms with E-state index in [0.29, 0.717) is 13.0 Å². The van der Waals surface area contributed by atoms with Gasteiger partial charge in [0, 0.05) is 26.6 Å². The topological polar surface area (TPSA) is 95.0 Å². The molecule has 26 heavy (non-hydrogen) atoms. The van der Waals surface area contributed by atoms with Gasteiger partial charge in [-0.25, -0.2) is 21.9 Å². The van der Waals surface area contributed by atoms with Crippen LogP contribution in [0.15, 0.2) is 29.2 Å². The van der Waals surface area contributed by atoms with Gasteiger partial charge in [-0.1, -0.05) is 0 Å². The molecule has 1 aliphatic heterocycles. The van der Waals surface area contributed by atoms with E-state index in [0.717, 1.165) is 29.3 Å². The van der Waals surface area contributed by atoms with Crippen LogP contribution in [0.4, 0.5) is 4.39 Å². The highest BCUT2D eigenvalue weighted by molar-refractivity contribution is 7.89. The van der Waals surface area contributed by atoms with Gasteiger partial charge >= 0.3 is 5.97 Å². The summed E-state index contributed by atoms with van der Waals surface area (Å²) in [7, 11) is -2.36. The number of carboxylic acids is 1. The highest BCUT2D eigenvalue weighted by atomic mass is 32.2. The minimum Gasteiger partial charge on any atom is -0.480 e. The number of piperidine rings is 1. The Bertz CT molecular complexity index is 751. The summed E-state index contributed by atoms with van der Waals surface area (Å²) in [5.74, 6) is -1.80. The third-order valence-corrected chi connectivity index (χ3v) is 6.36. The first-order valence-electron chi connectivity index (χ1n) is 8.47. The molecule has 1 aliphatic rings. The molecule has 1 atom stereocenters. The number of likely N-dealkylation sites (tertiary alicyclic amines) is 1. The lowest BCUT2D eigenvalue weighted by Gasteiger charge is -2.33. The van der Waals surface area contributed by atoms with Crippen LogP contribution < -0.4 is 0 Å². The van der Waals surface area contributed by atoms with Crippen LogP contribution >= 0.6 is 0 Å². The quantitative estimate of drug-likeness (QED) is 0.769. The van der Waals surface area contributed by atoms with Crippen LogP contribution in [0.1, 0.15) is 32.1 Å². The molecule has 144 valence electrons. The fraction of sp³-hybridized carbons (Fsp3) is 0.529. The predicted octanol–water partition coefficient (Wildman–Crippen LogP) is 1.69. The lowest BCUT2D eigenvalue weighted by atomic mass is 10.0. The van der Waals surface area contributed by atoms with Crippen LogP contribution in [-0.2, 0) is 19.6 Å². The van der Waals surface area contributed by atoms with Crippen molar-refractivity contribution < 1.29 is 27.5 Å². The largest absolute Gasteiger partial charge is 0.480 e. The smallest absolute Gasteiger partial charge is 0.326 e. The van der Waals surface area contributed by atoms with E-state index >= 15 is 0 Å². The van der Waals surface area contributed by atoms with Gasteiger partial charge in [0.1, 0.15) is 11.9 Å². The van der Waals surface area contributed by atoms with Gasteiger partial charge in [0.15, 0.2) is 0 Å². The van der Waals surface area contributed by atoms with Crippen LogP contribution in [0.25, 0.3) is 0 Å². The molecule has 1 N–H and O–H groups in total. The van der Waals surface area contributed by atoms with Crippen molar-refractivity contribution in [1.29, 1.82) is 0 Å². The first kappa shape index (κ1) is 20.3. The average Bonchev–Trinajstić information content (AvgIpc) is 2.61. The minimum atomic E-state index is -3.76. The Morgan fingerprint density at radius 1 is 1.27 bits per heavy atom. The van der Waals surface area contributed by atoms with Crippen LogP contribution in [-0.4, -0.2) is 60.8 Å². The number of benzene rings is 1. The second-order valence-corrected chi connectivity index (χ2v) is 8.37. The molecule has 0 aliphatic carbocycles. The predicted molar refractivity (Wildman–Crippen MR) is 92.4 cm³/mol. The minimum absolute atomic E-state index is 0.0188. The number of hydrogen-bond donors (Lipinski definition) is 1. The SMILES string of the molecule is CN(CCCC(=O)N1CCCCC1C(=O)O)S(=O)(=O)c1ccc(F)cc1. The molecule has 1 saturated heterocycles. The molecule has 0 spiro atoms. The Morgan fingerprint density at radius 3 is 2.54 bits per heavy atom. The molecule has 7 nitrogen and oxygen atoms in total. The van der Waals surface area contributed by atoms with Crippen molar-refractivity contribution in [2.24, 2.45) is 0 Å². The maximum Gasteiger partial charge on any atom is 0.326 e. The Kier molecular flexibility index (Phi) is 6.71. The van der Waals surface area contributed by atoms with Crippen LogP contribution in [0.5, 0.6) is 0 Å². The molecule has 1 unspecified atom stereocenters. The standard InChI is InChI=1S/C17H23FN2O5S/c1-19(26(24,25)14-9-7-13(18)8-10-14)11-4-6-16(21)20-12-3-2-5-15(20)17(22)23/h7-10,15H,2-6,11-12H2,1H3,(H,22,23). The van der Waals surface area contributed by atoms with Gasteiger partial charge in [0.05, 0.1) is 4.90 Å². The molecule has 0 aromatic heterocycles. The zero-order chi connectivity index (χ0) is 19.3. The molecule has 1 aromatic carbocycles. The normalized spacial score (nSPS) is 18.1. The first-order chi connectivity index (χ1) is 12.2. The number of hydrogen-bond acceptors (Lipinski definition) is 4. The van der Waals surface area contributed by atoms with E-state index in [9.17, 15) is 27.5 Å². The number of nitrogens with zero attached hydrogens (tertiary/aromatic N) is 2. The van der Waals surface area contributed by atoms with E-state index in [4.69, 9.17) is 0 Å². The summed E-state index contributed by atoms with van der Waals surface area (Å²) >= 11 is 0. The number of amides is 1. The number of carbonyl (C=O) groups is 2. The molecule has 2 rings (SSSR count). The van der Waals surface area contributed by atoms with Crippen molar-refractivity contribution in [3.63, 3.8) is 0 Å². The van der Waals surface area contributed by atoms with Crippen molar-refractivity contribution in [3.05, 3.63) is 30.1 Å². The molecular formula is C17H23FN2O5S. The third kappa shape index (κ3) is 4.79. The summed E-state index contributed by atoms with van der Waals surface area (Å²) in [5.41, 5.74) is 0. The molecule has 1 aromatic rings. The van der Waals surface area contributed by atoms with Crippen molar-refractivity contribution in [1.82, 2.24) is 9.21 Å². The Balaban J connectivity index is 1.90. The van der Waals surface area contributed by atoms with Crippen molar-refractivity contribution in [3.8, 4) is 0 Å². The summed E-state index contributed by atoms with van der Waals surface area (Å²) in [5, 5.41) is 9.22. The van der Waals surface area contributed by atoms with E-state index < -0.39 is 27.9 Å². The Labute approximate surface area is 152 Å². The van der Waals surface area contributed by atoms with E-state index in [2.05, 4.69) is 0 Å². The second-order valence-electron chi connectivity index (χ2n) is 6.32. The van der Waals surface area contributed by atoms with Crippen molar-refractivity contribution in [2.75, 3.05) is 20.1 Å². The van der Waals surface area contributed by atoms with Gasteiger partial charge in [0.25, 0.3) is 0 Å². The molecule has 1 fully saturated rings. The number of aliphatic carboxylic acids is 1. The summed E-state index contributed by atoms with van der Waals surface area (Å²) in [4.78, 5) is 24.9. The zero-order valence-corrected chi connectivity index (χ0v) is 15.4. The Morgan fingerprint density at radius 2 is 1.92 bits per heavy atom. The molecule has 0 bridgehead atoms. The highest BCUT2D eigenvalue weighted by Gasteiger charge is 2.31. The third-order valence-electron chi connectivity index (χ3n) is 4.49. The molecule has 1 heterocycles. The molecule has 0 saturated carbocycles. The van der Waals surface area contributed by atoms with E-state index in [1.807, 2.05) is 0 Å². The molecule has 9 heteroatoms. The number of rotatable bonds is 7. The lowest BCUT2D eigenvalue weighted by Crippen LogP contribution is -2.48. The van der Waals surface area contributed by atoms with E-state index in [1.54, 1.807) is 0 Å². The van der Waals surface area contributed by atoms with Crippen LogP contribution in [0, 0.1) is 5.82 Å². The van der Waals surface area contributed by atoms with E-state index in [-0.39, 0.29) is 30.2 Å². The first-order valence-corrected chi connectivity index (χ1v) is 9.91. The summed E-state index contributed by atoms with van der Waals surface area (Å²) in [6.45, 7) is 0.524. The van der Waals surface area contributed by atoms with Gasteiger partial charge in [-0.2, -0.15) is 0 Å². The van der Waals surface area contributed by atoms with Crippen LogP contribution in [0.3, 0.4) is 0 Å². The summed E-state index contributed by atoms with van der Waals surface area (Å²) in [6.07, 6.45) is 2.35. The monoisotopic (exact) mass is 386 g/mol. The Hall–Kier alpha value is -2.00. The van der Waals surface area contributed by atoms with Gasteiger partial charge in [-0.3, -0.25) is 4.79 Å².